The molecule has 0 aromatic heterocycles. The van der Waals surface area contributed by atoms with E-state index in [2.05, 4.69) is 10.2 Å². The van der Waals surface area contributed by atoms with Gasteiger partial charge in [-0.1, -0.05) is 0 Å². The smallest absolute Gasteiger partial charge is 0.352 e. The largest absolute Gasteiger partial charge is 0.477 e. The summed E-state index contributed by atoms with van der Waals surface area (Å²) in [6.07, 6.45) is 0.162. The van der Waals surface area contributed by atoms with Gasteiger partial charge in [-0.15, -0.1) is 10.2 Å². The van der Waals surface area contributed by atoms with Crippen molar-refractivity contribution in [2.75, 3.05) is 0 Å². The van der Waals surface area contributed by atoms with Gasteiger partial charge in [0.25, 0.3) is 0 Å². The van der Waals surface area contributed by atoms with E-state index < -0.39 is 5.97 Å². The normalized spacial score (nSPS) is 16.9. The lowest BCUT2D eigenvalue weighted by molar-refractivity contribution is -0.129. The van der Waals surface area contributed by atoms with Crippen molar-refractivity contribution in [3.8, 4) is 0 Å². The van der Waals surface area contributed by atoms with E-state index in [1.54, 1.807) is 0 Å². The molecule has 3 N–H and O–H groups in total. The van der Waals surface area contributed by atoms with Crippen LogP contribution in [0.2, 0.25) is 0 Å². The molecule has 0 radical (unpaired) electrons. The number of nitrogens with two attached hydrogens (primary N) is 1. The third kappa shape index (κ3) is 1.04. The van der Waals surface area contributed by atoms with Crippen molar-refractivity contribution in [2.45, 2.75) is 6.42 Å². The van der Waals surface area contributed by atoms with Gasteiger partial charge in [-0.25, -0.2) is 4.79 Å². The zero-order chi connectivity index (χ0) is 6.85. The zero-order valence-corrected chi connectivity index (χ0v) is 4.53. The van der Waals surface area contributed by atoms with Crippen molar-refractivity contribution < 1.29 is 9.90 Å². The Balaban J connectivity index is 2.64. The molecule has 48 valence electrons. The molecule has 0 aromatic carbocycles. The molecule has 0 bridgehead atoms. The van der Waals surface area contributed by atoms with Crippen LogP contribution in [0.5, 0.6) is 0 Å². The van der Waals surface area contributed by atoms with Gasteiger partial charge in [-0.3, -0.25) is 0 Å². The monoisotopic (exact) mass is 127 g/mol. The second kappa shape index (κ2) is 1.85. The minimum Gasteiger partial charge on any atom is -0.477 e. The average Bonchev–Trinajstić information content (AvgIpc) is 2.14. The number of rotatable bonds is 1. The highest BCUT2D eigenvalue weighted by Gasteiger charge is 2.15. The molecule has 5 heteroatoms. The predicted molar refractivity (Wildman–Crippen MR) is 31.3 cm³/mol. The Morgan fingerprint density at radius 1 is 1.67 bits per heavy atom. The highest BCUT2D eigenvalue weighted by Crippen LogP contribution is 1.97. The fraction of sp³-hybridized carbons (Fsp3) is 0.250. The topological polar surface area (TPSA) is 88.0 Å². The summed E-state index contributed by atoms with van der Waals surface area (Å²) < 4.78 is 0. The molecule has 0 fully saturated rings. The van der Waals surface area contributed by atoms with Crippen LogP contribution >= 0.6 is 0 Å². The Bertz CT molecular complexity index is 206. The van der Waals surface area contributed by atoms with E-state index >= 15 is 0 Å². The fourth-order valence-electron chi connectivity index (χ4n) is 0.485. The van der Waals surface area contributed by atoms with Gasteiger partial charge in [0.1, 0.15) is 5.84 Å². The van der Waals surface area contributed by atoms with E-state index in [0.29, 0.717) is 0 Å². The van der Waals surface area contributed by atoms with Crippen LogP contribution < -0.4 is 5.73 Å². The quantitative estimate of drug-likeness (QED) is 0.482. The lowest BCUT2D eigenvalue weighted by atomic mass is 10.3. The molecule has 1 rings (SSSR count). The maximum Gasteiger partial charge on any atom is 0.352 e. The molecule has 1 aliphatic heterocycles. The van der Waals surface area contributed by atoms with Crippen LogP contribution in [-0.2, 0) is 4.79 Å². The second-order valence-corrected chi connectivity index (χ2v) is 1.62. The second-order valence-electron chi connectivity index (χ2n) is 1.62. The van der Waals surface area contributed by atoms with Crippen LogP contribution in [0.25, 0.3) is 0 Å². The first-order chi connectivity index (χ1) is 4.20. The molecule has 1 aliphatic rings. The lowest BCUT2D eigenvalue weighted by Gasteiger charge is -1.86. The summed E-state index contributed by atoms with van der Waals surface area (Å²) >= 11 is 0. The van der Waals surface area contributed by atoms with Gasteiger partial charge < -0.3 is 10.8 Å². The van der Waals surface area contributed by atoms with Crippen molar-refractivity contribution >= 4 is 17.5 Å². The van der Waals surface area contributed by atoms with Crippen LogP contribution in [0.3, 0.4) is 0 Å². The summed E-state index contributed by atoms with van der Waals surface area (Å²) in [4.78, 5) is 10.1. The summed E-state index contributed by atoms with van der Waals surface area (Å²) in [6.45, 7) is 0. The third-order valence-electron chi connectivity index (χ3n) is 0.895. The van der Waals surface area contributed by atoms with E-state index in [-0.39, 0.29) is 18.0 Å². The van der Waals surface area contributed by atoms with Gasteiger partial charge in [-0.05, 0) is 0 Å². The molecular formula is C4H5N3O2. The van der Waals surface area contributed by atoms with Crippen molar-refractivity contribution in [2.24, 2.45) is 15.9 Å². The van der Waals surface area contributed by atoms with Gasteiger partial charge in [0.05, 0.1) is 6.42 Å². The SMILES string of the molecule is NC1=NN=C(C(=O)O)C1. The highest BCUT2D eigenvalue weighted by atomic mass is 16.4. The molecule has 0 saturated heterocycles. The first kappa shape index (κ1) is 5.74. The van der Waals surface area contributed by atoms with Crippen molar-refractivity contribution in [3.63, 3.8) is 0 Å². The Labute approximate surface area is 50.9 Å². The maximum absolute atomic E-state index is 10.1. The molecule has 9 heavy (non-hydrogen) atoms. The van der Waals surface area contributed by atoms with Gasteiger partial charge in [-0.2, -0.15) is 0 Å². The van der Waals surface area contributed by atoms with E-state index in [0.717, 1.165) is 0 Å². The van der Waals surface area contributed by atoms with Crippen molar-refractivity contribution in [1.29, 1.82) is 0 Å². The third-order valence-corrected chi connectivity index (χ3v) is 0.895. The summed E-state index contributed by atoms with van der Waals surface area (Å²) in [7, 11) is 0. The Morgan fingerprint density at radius 3 is 2.56 bits per heavy atom. The number of hydrogen-bond acceptors (Lipinski definition) is 4. The average molecular weight is 127 g/mol. The summed E-state index contributed by atoms with van der Waals surface area (Å²) in [5, 5.41) is 14.9. The Hall–Kier alpha value is -1.39. The summed E-state index contributed by atoms with van der Waals surface area (Å²) in [5.74, 6) is -0.799. The molecular weight excluding hydrogens is 122 g/mol. The summed E-state index contributed by atoms with van der Waals surface area (Å²) in [6, 6.07) is 0. The van der Waals surface area contributed by atoms with Gasteiger partial charge in [0, 0.05) is 0 Å². The molecule has 0 spiro atoms. The number of carboxylic acid groups (broad SMARTS) is 1. The van der Waals surface area contributed by atoms with Crippen LogP contribution in [-0.4, -0.2) is 22.6 Å². The molecule has 0 saturated carbocycles. The van der Waals surface area contributed by atoms with E-state index in [4.69, 9.17) is 10.8 Å². The molecule has 5 nitrogen and oxygen atoms in total. The Kier molecular flexibility index (Phi) is 1.18. The molecule has 0 aromatic rings. The lowest BCUT2D eigenvalue weighted by Crippen LogP contribution is -2.17. The van der Waals surface area contributed by atoms with Crippen molar-refractivity contribution in [1.82, 2.24) is 0 Å². The molecule has 0 amide bonds. The minimum atomic E-state index is -1.06. The molecule has 0 aliphatic carbocycles. The predicted octanol–water partition coefficient (Wildman–Crippen LogP) is -0.812. The Morgan fingerprint density at radius 2 is 2.33 bits per heavy atom. The van der Waals surface area contributed by atoms with Crippen LogP contribution in [0.4, 0.5) is 0 Å². The highest BCUT2D eigenvalue weighted by molar-refractivity contribution is 6.40. The number of carboxylic acids is 1. The van der Waals surface area contributed by atoms with Gasteiger partial charge >= 0.3 is 5.97 Å². The molecule has 1 heterocycles. The fourth-order valence-corrected chi connectivity index (χ4v) is 0.485. The molecule has 0 unspecified atom stereocenters. The first-order valence-electron chi connectivity index (χ1n) is 2.32. The van der Waals surface area contributed by atoms with Gasteiger partial charge in [0.2, 0.25) is 0 Å². The zero-order valence-electron chi connectivity index (χ0n) is 4.53. The van der Waals surface area contributed by atoms with E-state index in [9.17, 15) is 4.79 Å². The standard InChI is InChI=1S/C4H5N3O2/c5-3-1-2(4(8)9)6-7-3/h1H2,(H2,5,7)(H,8,9). The number of hydrogen-bond donors (Lipinski definition) is 2. The number of aliphatic carboxylic acids is 1. The van der Waals surface area contributed by atoms with E-state index in [1.807, 2.05) is 0 Å². The van der Waals surface area contributed by atoms with Crippen LogP contribution in [0, 0.1) is 0 Å². The molecule has 0 atom stereocenters. The first-order valence-corrected chi connectivity index (χ1v) is 2.32. The number of amidine groups is 1. The van der Waals surface area contributed by atoms with Crippen LogP contribution in [0.15, 0.2) is 10.2 Å². The summed E-state index contributed by atoms with van der Waals surface area (Å²) in [5.41, 5.74) is 5.14. The number of carbonyl (C=O) groups is 1. The number of nitrogens with zero attached hydrogens (tertiary/aromatic N) is 2. The maximum atomic E-state index is 10.1. The van der Waals surface area contributed by atoms with Gasteiger partial charge in [0.15, 0.2) is 5.71 Å². The van der Waals surface area contributed by atoms with Crippen molar-refractivity contribution in [3.05, 3.63) is 0 Å². The minimum absolute atomic E-state index is 0.00694. The van der Waals surface area contributed by atoms with E-state index in [1.165, 1.54) is 0 Å². The van der Waals surface area contributed by atoms with Crippen LogP contribution in [0.1, 0.15) is 6.42 Å².